The molecule has 0 saturated carbocycles. The second-order valence-electron chi connectivity index (χ2n) is 3.87. The predicted octanol–water partition coefficient (Wildman–Crippen LogP) is 2.35. The van der Waals surface area contributed by atoms with Crippen LogP contribution in [0.25, 0.3) is 10.9 Å². The lowest BCUT2D eigenvalue weighted by molar-refractivity contribution is 0.856. The number of benzene rings is 1. The minimum absolute atomic E-state index is 0.507. The van der Waals surface area contributed by atoms with Gasteiger partial charge in [-0.15, -0.1) is 0 Å². The van der Waals surface area contributed by atoms with Gasteiger partial charge in [0.15, 0.2) is 0 Å². The molecule has 0 bridgehead atoms. The first-order chi connectivity index (χ1) is 6.72. The van der Waals surface area contributed by atoms with E-state index in [0.29, 0.717) is 12.2 Å². The van der Waals surface area contributed by atoms with E-state index in [-0.39, 0.29) is 0 Å². The normalized spacial score (nSPS) is 11.4. The second-order valence-corrected chi connectivity index (χ2v) is 3.87. The summed E-state index contributed by atoms with van der Waals surface area (Å²) in [5.41, 5.74) is 3.59. The van der Waals surface area contributed by atoms with E-state index in [2.05, 4.69) is 36.2 Å². The van der Waals surface area contributed by atoms with Crippen molar-refractivity contribution in [2.45, 2.75) is 26.1 Å². The van der Waals surface area contributed by atoms with Gasteiger partial charge in [0.2, 0.25) is 0 Å². The van der Waals surface area contributed by atoms with Crippen molar-refractivity contribution in [2.75, 3.05) is 0 Å². The molecule has 0 spiro atoms. The smallest absolute Gasteiger partial charge is 0.0716 e. The van der Waals surface area contributed by atoms with Crippen molar-refractivity contribution >= 4 is 18.7 Å². The molecule has 0 aliphatic rings. The van der Waals surface area contributed by atoms with Gasteiger partial charge in [0.1, 0.15) is 0 Å². The molecule has 2 aromatic rings. The SMILES string of the molecule is [B]Cc1cc2[nH]ncc2cc1C(C)C. The van der Waals surface area contributed by atoms with E-state index in [9.17, 15) is 0 Å². The Morgan fingerprint density at radius 3 is 2.86 bits per heavy atom. The Labute approximate surface area is 85.1 Å². The van der Waals surface area contributed by atoms with Gasteiger partial charge in [-0.3, -0.25) is 5.10 Å². The second kappa shape index (κ2) is 3.48. The topological polar surface area (TPSA) is 28.7 Å². The number of aromatic amines is 1. The Morgan fingerprint density at radius 2 is 2.21 bits per heavy atom. The molecule has 1 N–H and O–H groups in total. The average Bonchev–Trinajstić information content (AvgIpc) is 2.62. The monoisotopic (exact) mass is 184 g/mol. The van der Waals surface area contributed by atoms with Gasteiger partial charge in [-0.25, -0.2) is 0 Å². The summed E-state index contributed by atoms with van der Waals surface area (Å²) in [6, 6.07) is 4.27. The summed E-state index contributed by atoms with van der Waals surface area (Å²) in [5, 5.41) is 8.12. The third-order valence-electron chi connectivity index (χ3n) is 2.54. The van der Waals surface area contributed by atoms with Crippen LogP contribution >= 0.6 is 0 Å². The van der Waals surface area contributed by atoms with Gasteiger partial charge in [0, 0.05) is 5.39 Å². The van der Waals surface area contributed by atoms with Crippen molar-refractivity contribution in [2.24, 2.45) is 0 Å². The minimum atomic E-state index is 0.507. The van der Waals surface area contributed by atoms with Crippen LogP contribution in [0.2, 0.25) is 0 Å². The molecule has 1 heterocycles. The van der Waals surface area contributed by atoms with Gasteiger partial charge < -0.3 is 0 Å². The Balaban J connectivity index is 2.66. The maximum atomic E-state index is 5.71. The fraction of sp³-hybridized carbons (Fsp3) is 0.364. The minimum Gasteiger partial charge on any atom is -0.278 e. The molecule has 0 atom stereocenters. The number of H-pyrrole nitrogens is 1. The van der Waals surface area contributed by atoms with Gasteiger partial charge in [-0.05, 0) is 23.6 Å². The molecule has 0 aliphatic carbocycles. The fourth-order valence-electron chi connectivity index (χ4n) is 1.77. The van der Waals surface area contributed by atoms with E-state index >= 15 is 0 Å². The molecule has 2 rings (SSSR count). The van der Waals surface area contributed by atoms with Crippen molar-refractivity contribution < 1.29 is 0 Å². The van der Waals surface area contributed by atoms with E-state index in [0.717, 1.165) is 10.9 Å². The molecule has 0 saturated heterocycles. The van der Waals surface area contributed by atoms with Crippen LogP contribution in [0.3, 0.4) is 0 Å². The van der Waals surface area contributed by atoms with E-state index in [4.69, 9.17) is 7.85 Å². The zero-order chi connectivity index (χ0) is 10.1. The Kier molecular flexibility index (Phi) is 2.32. The highest BCUT2D eigenvalue weighted by Gasteiger charge is 2.07. The number of aromatic nitrogens is 2. The zero-order valence-corrected chi connectivity index (χ0v) is 8.54. The summed E-state index contributed by atoms with van der Waals surface area (Å²) in [4.78, 5) is 0. The van der Waals surface area contributed by atoms with Crippen molar-refractivity contribution in [3.8, 4) is 0 Å². The summed E-state index contributed by atoms with van der Waals surface area (Å²) < 4.78 is 0. The maximum absolute atomic E-state index is 5.71. The van der Waals surface area contributed by atoms with Crippen molar-refractivity contribution in [1.29, 1.82) is 0 Å². The Bertz CT molecular complexity index is 445. The van der Waals surface area contributed by atoms with E-state index in [1.165, 1.54) is 11.1 Å². The first kappa shape index (κ1) is 9.32. The standard InChI is InChI=1S/C11H13BN2/c1-7(2)10-3-9-6-13-14-11(9)4-8(10)5-12/h3-4,6-7H,5H2,1-2H3,(H,13,14). The molecular formula is C11H13BN2. The summed E-state index contributed by atoms with van der Waals surface area (Å²) >= 11 is 0. The Morgan fingerprint density at radius 1 is 1.43 bits per heavy atom. The molecule has 70 valence electrons. The lowest BCUT2D eigenvalue weighted by Gasteiger charge is -2.11. The van der Waals surface area contributed by atoms with Crippen molar-refractivity contribution in [1.82, 2.24) is 10.2 Å². The third-order valence-corrected chi connectivity index (χ3v) is 2.54. The lowest BCUT2D eigenvalue weighted by Crippen LogP contribution is -1.96. The molecule has 2 nitrogen and oxygen atoms in total. The van der Waals surface area contributed by atoms with Crippen LogP contribution in [0.15, 0.2) is 18.3 Å². The van der Waals surface area contributed by atoms with Gasteiger partial charge in [-0.1, -0.05) is 25.7 Å². The number of nitrogens with zero attached hydrogens (tertiary/aromatic N) is 1. The Hall–Kier alpha value is -1.25. The first-order valence-corrected chi connectivity index (χ1v) is 4.88. The van der Waals surface area contributed by atoms with E-state index in [1.807, 2.05) is 6.20 Å². The van der Waals surface area contributed by atoms with Gasteiger partial charge in [0.05, 0.1) is 19.6 Å². The predicted molar refractivity (Wildman–Crippen MR) is 59.6 cm³/mol. The van der Waals surface area contributed by atoms with E-state index in [1.54, 1.807) is 0 Å². The van der Waals surface area contributed by atoms with E-state index < -0.39 is 0 Å². The third kappa shape index (κ3) is 1.43. The quantitative estimate of drug-likeness (QED) is 0.713. The fourth-order valence-corrected chi connectivity index (χ4v) is 1.77. The van der Waals surface area contributed by atoms with Crippen molar-refractivity contribution in [3.63, 3.8) is 0 Å². The largest absolute Gasteiger partial charge is 0.278 e. The molecule has 14 heavy (non-hydrogen) atoms. The first-order valence-electron chi connectivity index (χ1n) is 4.88. The lowest BCUT2D eigenvalue weighted by atomic mass is 9.87. The van der Waals surface area contributed by atoms with Crippen LogP contribution in [-0.2, 0) is 6.32 Å². The molecule has 0 amide bonds. The van der Waals surface area contributed by atoms with Gasteiger partial charge in [-0.2, -0.15) is 5.10 Å². The maximum Gasteiger partial charge on any atom is 0.0716 e. The molecular weight excluding hydrogens is 171 g/mol. The highest BCUT2D eigenvalue weighted by atomic mass is 15.1. The number of nitrogens with one attached hydrogen (secondary N) is 1. The number of hydrogen-bond acceptors (Lipinski definition) is 1. The number of rotatable bonds is 2. The molecule has 1 aromatic heterocycles. The number of fused-ring (bicyclic) bond motifs is 1. The molecule has 0 aliphatic heterocycles. The van der Waals surface area contributed by atoms with Crippen LogP contribution in [0, 0.1) is 0 Å². The van der Waals surface area contributed by atoms with Crippen LogP contribution in [0.1, 0.15) is 30.9 Å². The number of hydrogen-bond donors (Lipinski definition) is 1. The summed E-state index contributed by atoms with van der Waals surface area (Å²) in [6.45, 7) is 4.36. The molecule has 2 radical (unpaired) electrons. The average molecular weight is 184 g/mol. The van der Waals surface area contributed by atoms with Crippen LogP contribution in [0.4, 0.5) is 0 Å². The van der Waals surface area contributed by atoms with Crippen LogP contribution in [0.5, 0.6) is 0 Å². The summed E-state index contributed by atoms with van der Waals surface area (Å²) in [7, 11) is 5.71. The molecule has 0 unspecified atom stereocenters. The highest BCUT2D eigenvalue weighted by Crippen LogP contribution is 2.24. The molecule has 1 aromatic carbocycles. The van der Waals surface area contributed by atoms with Crippen molar-refractivity contribution in [3.05, 3.63) is 29.5 Å². The molecule has 3 heteroatoms. The van der Waals surface area contributed by atoms with Gasteiger partial charge in [0.25, 0.3) is 0 Å². The van der Waals surface area contributed by atoms with Gasteiger partial charge >= 0.3 is 0 Å². The summed E-state index contributed by atoms with van der Waals surface area (Å²) in [6.07, 6.45) is 2.43. The summed E-state index contributed by atoms with van der Waals surface area (Å²) in [5.74, 6) is 0.507. The zero-order valence-electron chi connectivity index (χ0n) is 8.54. The molecule has 0 fully saturated rings. The van der Waals surface area contributed by atoms with Crippen LogP contribution < -0.4 is 0 Å². The highest BCUT2D eigenvalue weighted by molar-refractivity contribution is 6.08. The van der Waals surface area contributed by atoms with Crippen LogP contribution in [-0.4, -0.2) is 18.0 Å².